The normalized spacial score (nSPS) is 22.6. The maximum Gasteiger partial charge on any atom is 0.472 e. The summed E-state index contributed by atoms with van der Waals surface area (Å²) in [6, 6.07) is 0. The first-order chi connectivity index (χ1) is 33.9. The lowest BCUT2D eigenvalue weighted by Crippen LogP contribution is -2.64. The molecular formula is C51H84O18P2. The molecule has 9 N–H and O–H groups in total. The summed E-state index contributed by atoms with van der Waals surface area (Å²) in [5, 5.41) is 62.1. The van der Waals surface area contributed by atoms with Crippen LogP contribution in [-0.4, -0.2) is 125 Å². The van der Waals surface area contributed by atoms with E-state index in [1.807, 2.05) is 12.2 Å². The Bertz CT molecular complexity index is 1770. The third kappa shape index (κ3) is 34.1. The Morgan fingerprint density at radius 3 is 1.52 bits per heavy atom. The summed E-state index contributed by atoms with van der Waals surface area (Å²) in [5.41, 5.74) is 0. The van der Waals surface area contributed by atoms with Gasteiger partial charge in [-0.25, -0.2) is 9.13 Å². The number of allylic oxidation sites excluding steroid dienone is 15. The molecule has 0 saturated heterocycles. The number of rotatable bonds is 40. The minimum Gasteiger partial charge on any atom is -0.462 e. The van der Waals surface area contributed by atoms with Gasteiger partial charge in [0.1, 0.15) is 43.2 Å². The zero-order chi connectivity index (χ0) is 52.8. The number of unbranched alkanes of at least 4 members (excludes halogenated alkanes) is 6. The Kier molecular flexibility index (Phi) is 37.3. The van der Waals surface area contributed by atoms with Crippen LogP contribution in [0, 0.1) is 0 Å². The van der Waals surface area contributed by atoms with Gasteiger partial charge in [0.2, 0.25) is 0 Å². The van der Waals surface area contributed by atoms with Gasteiger partial charge < -0.3 is 54.8 Å². The van der Waals surface area contributed by atoms with Gasteiger partial charge in [-0.2, -0.15) is 0 Å². The summed E-state index contributed by atoms with van der Waals surface area (Å²) < 4.78 is 49.2. The zero-order valence-corrected chi connectivity index (χ0v) is 43.4. The number of hydrogen-bond acceptors (Lipinski definition) is 15. The molecule has 18 nitrogen and oxygen atoms in total. The highest BCUT2D eigenvalue weighted by Gasteiger charge is 2.54. The lowest BCUT2D eigenvalue weighted by atomic mass is 9.85. The first-order valence-electron chi connectivity index (χ1n) is 24.9. The first-order valence-corrected chi connectivity index (χ1v) is 28.0. The number of carbonyl (C=O) groups excluding carboxylic acids is 2. The second-order valence-corrected chi connectivity index (χ2v) is 19.7. The Morgan fingerprint density at radius 1 is 0.521 bits per heavy atom. The molecule has 1 aliphatic rings. The molecule has 0 radical (unpaired) electrons. The topological polar surface area (TPSA) is 296 Å². The number of phosphoric ester groups is 2. The van der Waals surface area contributed by atoms with Gasteiger partial charge in [-0.05, 0) is 96.3 Å². The molecule has 0 aliphatic heterocycles. The molecular weight excluding hydrogens is 962 g/mol. The highest BCUT2D eigenvalue weighted by atomic mass is 31.2. The van der Waals surface area contributed by atoms with Crippen molar-refractivity contribution in [3.63, 3.8) is 0 Å². The molecule has 1 rings (SSSR count). The molecule has 1 saturated carbocycles. The maximum atomic E-state index is 13.0. The van der Waals surface area contributed by atoms with E-state index in [-0.39, 0.29) is 32.1 Å². The van der Waals surface area contributed by atoms with Crippen LogP contribution in [0.2, 0.25) is 0 Å². The monoisotopic (exact) mass is 1050 g/mol. The highest BCUT2D eigenvalue weighted by molar-refractivity contribution is 7.47. The summed E-state index contributed by atoms with van der Waals surface area (Å²) >= 11 is 0. The predicted molar refractivity (Wildman–Crippen MR) is 271 cm³/mol. The summed E-state index contributed by atoms with van der Waals surface area (Å²) in [7, 11) is -10.8. The predicted octanol–water partition coefficient (Wildman–Crippen LogP) is 7.89. The van der Waals surface area contributed by atoms with E-state index in [1.165, 1.54) is 19.3 Å². The van der Waals surface area contributed by atoms with Gasteiger partial charge in [0.15, 0.2) is 6.10 Å². The van der Waals surface area contributed by atoms with Gasteiger partial charge in [0, 0.05) is 12.8 Å². The Hall–Kier alpha value is -3.16. The van der Waals surface area contributed by atoms with E-state index in [4.69, 9.17) is 18.5 Å². The molecule has 0 heterocycles. The summed E-state index contributed by atoms with van der Waals surface area (Å²) in [6.07, 6.45) is 29.3. The van der Waals surface area contributed by atoms with Crippen LogP contribution < -0.4 is 0 Å². The largest absolute Gasteiger partial charge is 0.472 e. The van der Waals surface area contributed by atoms with Crippen LogP contribution in [0.25, 0.3) is 0 Å². The smallest absolute Gasteiger partial charge is 0.462 e. The lowest BCUT2D eigenvalue weighted by Gasteiger charge is -2.43. The number of hydrogen-bond donors (Lipinski definition) is 9. The minimum absolute atomic E-state index is 0.0615. The molecule has 406 valence electrons. The summed E-state index contributed by atoms with van der Waals surface area (Å²) in [4.78, 5) is 54.4. The van der Waals surface area contributed by atoms with E-state index in [0.717, 1.165) is 57.8 Å². The fourth-order valence-corrected chi connectivity index (χ4v) is 8.40. The van der Waals surface area contributed by atoms with Crippen LogP contribution in [0.5, 0.6) is 0 Å². The molecule has 71 heavy (non-hydrogen) atoms. The van der Waals surface area contributed by atoms with Crippen LogP contribution in [0.1, 0.15) is 142 Å². The second kappa shape index (κ2) is 40.3. The lowest BCUT2D eigenvalue weighted by molar-refractivity contribution is -0.216. The van der Waals surface area contributed by atoms with Crippen molar-refractivity contribution in [2.45, 2.75) is 197 Å². The number of aliphatic hydroxyl groups excluding tert-OH is 6. The summed E-state index contributed by atoms with van der Waals surface area (Å²) in [5.74, 6) is -1.54. The molecule has 0 aromatic carbocycles. The minimum atomic E-state index is -5.41. The van der Waals surface area contributed by atoms with Gasteiger partial charge in [-0.15, -0.1) is 0 Å². The molecule has 0 amide bonds. The third-order valence-electron chi connectivity index (χ3n) is 10.8. The number of esters is 2. The first kappa shape index (κ1) is 65.9. The van der Waals surface area contributed by atoms with Crippen LogP contribution in [-0.2, 0) is 41.8 Å². The van der Waals surface area contributed by atoms with Crippen molar-refractivity contribution in [1.29, 1.82) is 0 Å². The third-order valence-corrected chi connectivity index (χ3v) is 12.3. The fraction of sp³-hybridized carbons (Fsp3) is 0.647. The molecule has 1 fully saturated rings. The fourth-order valence-electron chi connectivity index (χ4n) is 6.86. The van der Waals surface area contributed by atoms with Crippen molar-refractivity contribution in [2.75, 3.05) is 13.2 Å². The second-order valence-electron chi connectivity index (χ2n) is 17.1. The van der Waals surface area contributed by atoms with Crippen LogP contribution >= 0.6 is 15.6 Å². The summed E-state index contributed by atoms with van der Waals surface area (Å²) in [6.45, 7) is 2.68. The number of ether oxygens (including phenoxy) is 2. The van der Waals surface area contributed by atoms with E-state index in [2.05, 4.69) is 97.4 Å². The van der Waals surface area contributed by atoms with Crippen LogP contribution in [0.15, 0.2) is 97.2 Å². The van der Waals surface area contributed by atoms with E-state index in [0.29, 0.717) is 19.3 Å². The Labute approximate surface area is 421 Å². The molecule has 7 unspecified atom stereocenters. The average molecular weight is 1050 g/mol. The Balaban J connectivity index is 2.70. The molecule has 0 aromatic heterocycles. The molecule has 1 aliphatic carbocycles. The molecule has 0 spiro atoms. The van der Waals surface area contributed by atoms with Gasteiger partial charge in [-0.1, -0.05) is 130 Å². The van der Waals surface area contributed by atoms with Crippen molar-refractivity contribution in [3.8, 4) is 0 Å². The molecule has 0 bridgehead atoms. The quantitative estimate of drug-likeness (QED) is 0.0122. The van der Waals surface area contributed by atoms with Crippen molar-refractivity contribution in [1.82, 2.24) is 0 Å². The van der Waals surface area contributed by atoms with Crippen molar-refractivity contribution in [3.05, 3.63) is 97.2 Å². The van der Waals surface area contributed by atoms with Crippen molar-refractivity contribution in [2.24, 2.45) is 0 Å². The SMILES string of the molecule is CC/C=C\C/C=C\C/C=C\C/C=C\C/C=C\CCCCCC(=O)O[C@H](COC(=O)CCCC(O)C(O)C/C=C\C/C=C\C/C=C\CCCCC)COP(=O)(O)O[C@H]1C(O)C(O)C(O)[C@@H](OP(=O)(O)O)C1O. The standard InChI is InChI=1S/C51H84O18P2/c1-3-5-7-9-11-13-15-17-18-19-20-21-22-23-25-27-29-31-33-37-45(55)67-41(40-66-71(63,64)69-51-48(58)46(56)47(57)50(49(51)59)68-70(60,61)62)39-65-44(54)38-34-36-43(53)42(52)35-32-30-28-26-24-16-14-12-10-8-6-4-2/h5,7,11-14,17-18,20-21,23-26,30,32,41-43,46-53,56-59H,3-4,6,8-10,15-16,19,22,27-29,31,33-40H2,1-2H3,(H,63,64)(H2,60,61,62)/b7-5-,13-11-,14-12-,18-17-,21-20-,25-23-,26-24-,32-30-/t41-,42?,43?,46?,47?,48?,49?,50-,51+/m1/s1. The maximum absolute atomic E-state index is 13.0. The van der Waals surface area contributed by atoms with Crippen molar-refractivity contribution >= 4 is 27.6 Å². The molecule has 0 aromatic rings. The van der Waals surface area contributed by atoms with E-state index in [1.54, 1.807) is 6.08 Å². The average Bonchev–Trinajstić information content (AvgIpc) is 3.32. The van der Waals surface area contributed by atoms with E-state index >= 15 is 0 Å². The van der Waals surface area contributed by atoms with Crippen molar-refractivity contribution < 1.29 is 87.1 Å². The van der Waals surface area contributed by atoms with Crippen LogP contribution in [0.3, 0.4) is 0 Å². The highest BCUT2D eigenvalue weighted by Crippen LogP contribution is 2.49. The molecule has 20 heteroatoms. The van der Waals surface area contributed by atoms with Gasteiger partial charge in [0.25, 0.3) is 0 Å². The van der Waals surface area contributed by atoms with Gasteiger partial charge in [-0.3, -0.25) is 23.2 Å². The van der Waals surface area contributed by atoms with E-state index < -0.39 is 95.7 Å². The Morgan fingerprint density at radius 2 is 1.00 bits per heavy atom. The molecule has 10 atom stereocenters. The van der Waals surface area contributed by atoms with Gasteiger partial charge >= 0.3 is 27.6 Å². The zero-order valence-electron chi connectivity index (χ0n) is 41.6. The number of aliphatic hydroxyl groups is 6. The van der Waals surface area contributed by atoms with Crippen LogP contribution in [0.4, 0.5) is 0 Å². The number of phosphoric acid groups is 2. The van der Waals surface area contributed by atoms with E-state index in [9.17, 15) is 64.0 Å². The van der Waals surface area contributed by atoms with Gasteiger partial charge in [0.05, 0.1) is 18.8 Å². The number of carbonyl (C=O) groups is 2.